The number of ether oxygens (including phenoxy) is 1. The lowest BCUT2D eigenvalue weighted by molar-refractivity contribution is -0.231. The van der Waals surface area contributed by atoms with Crippen LogP contribution >= 0.6 is 11.6 Å². The van der Waals surface area contributed by atoms with Gasteiger partial charge in [-0.1, -0.05) is 23.7 Å². The van der Waals surface area contributed by atoms with Crippen molar-refractivity contribution in [2.45, 2.75) is 43.9 Å². The summed E-state index contributed by atoms with van der Waals surface area (Å²) in [5.74, 6) is 0.104. The highest BCUT2D eigenvalue weighted by Crippen LogP contribution is 2.34. The normalized spacial score (nSPS) is 27.6. The van der Waals surface area contributed by atoms with Gasteiger partial charge in [0.2, 0.25) is 0 Å². The number of benzene rings is 1. The molecule has 1 aliphatic rings. The van der Waals surface area contributed by atoms with Crippen LogP contribution in [0, 0.1) is 0 Å². The molecule has 0 amide bonds. The predicted molar refractivity (Wildman–Crippen MR) is 96.8 cm³/mol. The number of aliphatic hydroxyl groups excluding tert-OH is 4. The number of carbonyl (C=O) groups excluding carboxylic acids is 1. The molecule has 0 saturated carbocycles. The number of halogens is 1. The molecule has 2 heterocycles. The van der Waals surface area contributed by atoms with Crippen molar-refractivity contribution < 1.29 is 30.0 Å². The Morgan fingerprint density at radius 1 is 1.18 bits per heavy atom. The molecule has 0 radical (unpaired) electrons. The summed E-state index contributed by atoms with van der Waals surface area (Å²) in [5, 5.41) is 47.7. The largest absolute Gasteiger partial charge is 0.394 e. The van der Waals surface area contributed by atoms with Gasteiger partial charge in [-0.2, -0.15) is 0 Å². The van der Waals surface area contributed by atoms with E-state index >= 15 is 0 Å². The zero-order valence-corrected chi connectivity index (χ0v) is 15.7. The molecule has 150 valence electrons. The average Bonchev–Trinajstić information content (AvgIpc) is 2.69. The van der Waals surface area contributed by atoms with Crippen LogP contribution < -0.4 is 0 Å². The van der Waals surface area contributed by atoms with Crippen LogP contribution in [0.4, 0.5) is 0 Å². The van der Waals surface area contributed by atoms with Crippen molar-refractivity contribution in [1.29, 1.82) is 0 Å². The zero-order chi connectivity index (χ0) is 20.4. The Hall–Kier alpha value is -2.01. The number of aliphatic hydroxyl groups is 4. The van der Waals surface area contributed by atoms with E-state index in [2.05, 4.69) is 15.2 Å². The fourth-order valence-corrected chi connectivity index (χ4v) is 3.18. The molecule has 0 spiro atoms. The number of nitrogens with zero attached hydrogens (tertiary/aromatic N) is 3. The first-order valence-corrected chi connectivity index (χ1v) is 8.98. The van der Waals surface area contributed by atoms with Crippen LogP contribution in [0.25, 0.3) is 0 Å². The molecule has 4 N–H and O–H groups in total. The van der Waals surface area contributed by atoms with Gasteiger partial charge in [-0.3, -0.25) is 4.79 Å². The Morgan fingerprint density at radius 3 is 2.54 bits per heavy atom. The SMILES string of the molecule is CC(=O)c1cnc(Cc2cc([C@@H]3O[C@H](CO)[C@@H](O)[C@H](O)[C@H]3O)ccc2Cl)nn1. The summed E-state index contributed by atoms with van der Waals surface area (Å²) in [4.78, 5) is 15.4. The lowest BCUT2D eigenvalue weighted by Gasteiger charge is -2.40. The second-order valence-electron chi connectivity index (χ2n) is 6.59. The Labute approximate surface area is 165 Å². The number of carbonyl (C=O) groups is 1. The molecule has 28 heavy (non-hydrogen) atoms. The van der Waals surface area contributed by atoms with E-state index in [0.717, 1.165) is 0 Å². The summed E-state index contributed by atoms with van der Waals surface area (Å²) < 4.78 is 5.57. The molecule has 1 saturated heterocycles. The van der Waals surface area contributed by atoms with Gasteiger partial charge in [-0.25, -0.2) is 4.98 Å². The first-order chi connectivity index (χ1) is 13.3. The highest BCUT2D eigenvalue weighted by Gasteiger charge is 2.44. The van der Waals surface area contributed by atoms with Crippen LogP contribution in [-0.4, -0.2) is 72.4 Å². The maximum absolute atomic E-state index is 11.3. The smallest absolute Gasteiger partial charge is 0.181 e. The van der Waals surface area contributed by atoms with Crippen LogP contribution in [-0.2, 0) is 11.2 Å². The maximum Gasteiger partial charge on any atom is 0.181 e. The summed E-state index contributed by atoms with van der Waals surface area (Å²) in [6.45, 7) is 0.857. The molecule has 0 unspecified atom stereocenters. The molecular weight excluding hydrogens is 390 g/mol. The lowest BCUT2D eigenvalue weighted by Crippen LogP contribution is -2.55. The molecule has 3 rings (SSSR count). The van der Waals surface area contributed by atoms with Gasteiger partial charge in [0.05, 0.1) is 12.8 Å². The number of aromatic nitrogens is 3. The van der Waals surface area contributed by atoms with Gasteiger partial charge in [-0.05, 0) is 17.2 Å². The van der Waals surface area contributed by atoms with Crippen molar-refractivity contribution in [1.82, 2.24) is 15.2 Å². The van der Waals surface area contributed by atoms with Gasteiger partial charge in [0.1, 0.15) is 36.2 Å². The van der Waals surface area contributed by atoms with E-state index < -0.39 is 37.1 Å². The standard InChI is InChI=1S/C18H20ClN3O6/c1-8(24)12-6-20-14(22-21-12)5-10-4-9(2-3-11(10)19)18-17(27)16(26)15(25)13(7-23)28-18/h2-4,6,13,15-18,23,25-27H,5,7H2,1H3/t13-,15-,16+,17-,18+/m1/s1. The van der Waals surface area contributed by atoms with E-state index in [1.807, 2.05) is 0 Å². The van der Waals surface area contributed by atoms with Crippen molar-refractivity contribution in [3.8, 4) is 0 Å². The van der Waals surface area contributed by atoms with Gasteiger partial charge in [0.15, 0.2) is 11.6 Å². The molecule has 10 heteroatoms. The fourth-order valence-electron chi connectivity index (χ4n) is 3.00. The molecule has 1 aliphatic heterocycles. The van der Waals surface area contributed by atoms with Crippen molar-refractivity contribution >= 4 is 17.4 Å². The topological polar surface area (TPSA) is 146 Å². The van der Waals surface area contributed by atoms with Gasteiger partial charge in [-0.15, -0.1) is 10.2 Å². The summed E-state index contributed by atoms with van der Waals surface area (Å²) in [6, 6.07) is 4.89. The van der Waals surface area contributed by atoms with E-state index in [1.54, 1.807) is 18.2 Å². The van der Waals surface area contributed by atoms with E-state index in [9.17, 15) is 25.2 Å². The maximum atomic E-state index is 11.3. The lowest BCUT2D eigenvalue weighted by atomic mass is 9.90. The van der Waals surface area contributed by atoms with Crippen molar-refractivity contribution in [2.24, 2.45) is 0 Å². The molecule has 2 aromatic rings. The monoisotopic (exact) mass is 409 g/mol. The molecule has 9 nitrogen and oxygen atoms in total. The number of hydrogen-bond acceptors (Lipinski definition) is 9. The Bertz CT molecular complexity index is 848. The third-order valence-electron chi connectivity index (χ3n) is 4.61. The van der Waals surface area contributed by atoms with E-state index in [0.29, 0.717) is 22.0 Å². The molecule has 1 aromatic carbocycles. The van der Waals surface area contributed by atoms with Gasteiger partial charge in [0, 0.05) is 18.4 Å². The highest BCUT2D eigenvalue weighted by molar-refractivity contribution is 6.31. The minimum atomic E-state index is -1.47. The summed E-state index contributed by atoms with van der Waals surface area (Å²) >= 11 is 6.25. The average molecular weight is 410 g/mol. The Morgan fingerprint density at radius 2 is 1.93 bits per heavy atom. The molecule has 0 bridgehead atoms. The minimum absolute atomic E-state index is 0.157. The third kappa shape index (κ3) is 4.19. The number of Topliss-reactive ketones (excluding diaryl/α,β-unsaturated/α-hetero) is 1. The first-order valence-electron chi connectivity index (χ1n) is 8.60. The van der Waals surface area contributed by atoms with Crippen LogP contribution in [0.5, 0.6) is 0 Å². The molecule has 5 atom stereocenters. The predicted octanol–water partition coefficient (Wildman–Crippen LogP) is -0.167. The van der Waals surface area contributed by atoms with Crippen LogP contribution in [0.15, 0.2) is 24.4 Å². The minimum Gasteiger partial charge on any atom is -0.394 e. The molecule has 0 aliphatic carbocycles. The molecular formula is C18H20ClN3O6. The molecule has 1 fully saturated rings. The van der Waals surface area contributed by atoms with Gasteiger partial charge >= 0.3 is 0 Å². The number of hydrogen-bond donors (Lipinski definition) is 4. The van der Waals surface area contributed by atoms with Gasteiger partial charge < -0.3 is 25.2 Å². The second-order valence-corrected chi connectivity index (χ2v) is 7.00. The zero-order valence-electron chi connectivity index (χ0n) is 14.9. The third-order valence-corrected chi connectivity index (χ3v) is 4.98. The Balaban J connectivity index is 1.85. The van der Waals surface area contributed by atoms with E-state index in [1.165, 1.54) is 13.1 Å². The number of ketones is 1. The van der Waals surface area contributed by atoms with Crippen molar-refractivity contribution in [3.63, 3.8) is 0 Å². The van der Waals surface area contributed by atoms with E-state index in [-0.39, 0.29) is 17.9 Å². The van der Waals surface area contributed by atoms with Gasteiger partial charge in [0.25, 0.3) is 0 Å². The summed E-state index contributed by atoms with van der Waals surface area (Å²) in [5.41, 5.74) is 1.28. The number of rotatable bonds is 5. The van der Waals surface area contributed by atoms with Crippen LogP contribution in [0.1, 0.15) is 40.5 Å². The van der Waals surface area contributed by atoms with Crippen molar-refractivity contribution in [2.75, 3.05) is 6.61 Å². The van der Waals surface area contributed by atoms with Crippen LogP contribution in [0.2, 0.25) is 5.02 Å². The molecule has 1 aromatic heterocycles. The second kappa shape index (κ2) is 8.56. The quantitative estimate of drug-likeness (QED) is 0.494. The summed E-state index contributed by atoms with van der Waals surface area (Å²) in [7, 11) is 0. The Kier molecular flexibility index (Phi) is 6.33. The van der Waals surface area contributed by atoms with Crippen molar-refractivity contribution in [3.05, 3.63) is 52.1 Å². The summed E-state index contributed by atoms with van der Waals surface area (Å²) in [6.07, 6.45) is -4.71. The van der Waals surface area contributed by atoms with Crippen LogP contribution in [0.3, 0.4) is 0 Å². The van der Waals surface area contributed by atoms with E-state index in [4.69, 9.17) is 16.3 Å². The first kappa shape index (κ1) is 20.7. The highest BCUT2D eigenvalue weighted by atomic mass is 35.5. The fraction of sp³-hybridized carbons (Fsp3) is 0.444.